The number of benzene rings is 2. The zero-order valence-corrected chi connectivity index (χ0v) is 20.6. The van der Waals surface area contributed by atoms with E-state index in [9.17, 15) is 14.7 Å². The molecule has 0 bridgehead atoms. The minimum absolute atomic E-state index is 0.194. The maximum absolute atomic E-state index is 13.0. The van der Waals surface area contributed by atoms with Gasteiger partial charge >= 0.3 is 5.97 Å². The van der Waals surface area contributed by atoms with Gasteiger partial charge in [0, 0.05) is 12.2 Å². The van der Waals surface area contributed by atoms with Crippen molar-refractivity contribution in [2.75, 3.05) is 5.32 Å². The Morgan fingerprint density at radius 1 is 1.06 bits per heavy atom. The lowest BCUT2D eigenvalue weighted by atomic mass is 9.98. The van der Waals surface area contributed by atoms with Gasteiger partial charge in [-0.3, -0.25) is 14.3 Å². The quantitative estimate of drug-likeness (QED) is 0.412. The number of hydrogen-bond acceptors (Lipinski definition) is 4. The minimum atomic E-state index is -0.787. The van der Waals surface area contributed by atoms with Gasteiger partial charge in [0.15, 0.2) is 5.69 Å². The summed E-state index contributed by atoms with van der Waals surface area (Å²) in [6.45, 7) is 6.64. The summed E-state index contributed by atoms with van der Waals surface area (Å²) in [4.78, 5) is 24.7. The molecule has 3 aromatic rings. The van der Waals surface area contributed by atoms with Crippen LogP contribution in [0.25, 0.3) is 11.3 Å². The highest BCUT2D eigenvalue weighted by atomic mass is 16.4. The third-order valence-electron chi connectivity index (χ3n) is 6.52. The van der Waals surface area contributed by atoms with E-state index in [-0.39, 0.29) is 17.4 Å². The third kappa shape index (κ3) is 5.98. The van der Waals surface area contributed by atoms with Crippen molar-refractivity contribution in [3.63, 3.8) is 0 Å². The molecule has 7 nitrogen and oxygen atoms in total. The summed E-state index contributed by atoms with van der Waals surface area (Å²) in [7, 11) is 0. The van der Waals surface area contributed by atoms with Gasteiger partial charge in [-0.1, -0.05) is 55.3 Å². The lowest BCUT2D eigenvalue weighted by molar-refractivity contribution is -0.141. The Morgan fingerprint density at radius 3 is 2.31 bits per heavy atom. The summed E-state index contributed by atoms with van der Waals surface area (Å²) in [5, 5.41) is 20.3. The molecule has 1 saturated carbocycles. The van der Waals surface area contributed by atoms with E-state index in [1.165, 1.54) is 0 Å². The molecule has 35 heavy (non-hydrogen) atoms. The predicted molar refractivity (Wildman–Crippen MR) is 137 cm³/mol. The van der Waals surface area contributed by atoms with Crippen molar-refractivity contribution in [2.24, 2.45) is 5.92 Å². The molecule has 0 saturated heterocycles. The fraction of sp³-hybridized carbons (Fsp3) is 0.393. The van der Waals surface area contributed by atoms with Gasteiger partial charge in [0.25, 0.3) is 5.91 Å². The lowest BCUT2D eigenvalue weighted by Gasteiger charge is -2.22. The Hall–Kier alpha value is -3.45. The highest BCUT2D eigenvalue weighted by Crippen LogP contribution is 2.29. The van der Waals surface area contributed by atoms with Crippen LogP contribution in [0.2, 0.25) is 0 Å². The number of nitrogens with zero attached hydrogens (tertiary/aromatic N) is 2. The standard InChI is InChI=1S/C28H34N4O3/c1-28(2,3)32-24(20-9-5-4-6-10-20)17-23(31-32)26(33)30-22-15-13-19(14-16-22)18-29-25(27(34)35)21-11-7-8-12-21/h4-6,9-10,13-17,21,25,29H,7-8,11-12,18H2,1-3H3,(H,30,33)(H,34,35)/t25-/m1/s1. The molecule has 2 aromatic carbocycles. The lowest BCUT2D eigenvalue weighted by Crippen LogP contribution is -2.41. The van der Waals surface area contributed by atoms with Crippen LogP contribution >= 0.6 is 0 Å². The molecule has 0 unspecified atom stereocenters. The first-order valence-corrected chi connectivity index (χ1v) is 12.2. The van der Waals surface area contributed by atoms with Crippen molar-refractivity contribution >= 4 is 17.6 Å². The SMILES string of the molecule is CC(C)(C)n1nc(C(=O)Nc2ccc(CN[C@@H](C(=O)O)C3CCCC3)cc2)cc1-c1ccccc1. The Kier molecular flexibility index (Phi) is 7.36. The molecule has 1 aliphatic carbocycles. The average Bonchev–Trinajstić information content (AvgIpc) is 3.51. The largest absolute Gasteiger partial charge is 0.480 e. The minimum Gasteiger partial charge on any atom is -0.480 e. The molecule has 1 amide bonds. The third-order valence-corrected chi connectivity index (χ3v) is 6.52. The van der Waals surface area contributed by atoms with Crippen molar-refractivity contribution < 1.29 is 14.7 Å². The molecule has 0 radical (unpaired) electrons. The Labute approximate surface area is 206 Å². The van der Waals surface area contributed by atoms with E-state index < -0.39 is 12.0 Å². The van der Waals surface area contributed by atoms with Gasteiger partial charge in [0.05, 0.1) is 11.2 Å². The van der Waals surface area contributed by atoms with E-state index in [0.717, 1.165) is 42.5 Å². The zero-order chi connectivity index (χ0) is 25.0. The maximum Gasteiger partial charge on any atom is 0.320 e. The monoisotopic (exact) mass is 474 g/mol. The normalized spacial score (nSPS) is 15.2. The van der Waals surface area contributed by atoms with E-state index >= 15 is 0 Å². The number of carbonyl (C=O) groups is 2. The summed E-state index contributed by atoms with van der Waals surface area (Å²) < 4.78 is 1.88. The molecule has 184 valence electrons. The first-order chi connectivity index (χ1) is 16.7. The summed E-state index contributed by atoms with van der Waals surface area (Å²) in [5.41, 5.74) is 3.59. The summed E-state index contributed by atoms with van der Waals surface area (Å²) in [6, 6.07) is 18.7. The number of nitrogens with one attached hydrogen (secondary N) is 2. The number of carboxylic acids is 1. The molecular weight excluding hydrogens is 440 g/mol. The second-order valence-electron chi connectivity index (χ2n) is 10.3. The number of aromatic nitrogens is 2. The number of hydrogen-bond donors (Lipinski definition) is 3. The number of rotatable bonds is 8. The number of aliphatic carboxylic acids is 1. The molecule has 1 atom stereocenters. The summed E-state index contributed by atoms with van der Waals surface area (Å²) in [5.74, 6) is -0.867. The Bertz CT molecular complexity index is 1160. The zero-order valence-electron chi connectivity index (χ0n) is 20.6. The van der Waals surface area contributed by atoms with E-state index in [0.29, 0.717) is 17.9 Å². The predicted octanol–water partition coefficient (Wildman–Crippen LogP) is 5.29. The topological polar surface area (TPSA) is 96.3 Å². The van der Waals surface area contributed by atoms with E-state index in [4.69, 9.17) is 0 Å². The average molecular weight is 475 g/mol. The molecular formula is C28H34N4O3. The van der Waals surface area contributed by atoms with E-state index in [1.807, 2.05) is 65.3 Å². The van der Waals surface area contributed by atoms with Crippen LogP contribution in [-0.2, 0) is 16.9 Å². The first-order valence-electron chi connectivity index (χ1n) is 12.2. The van der Waals surface area contributed by atoms with Crippen molar-refractivity contribution in [1.82, 2.24) is 15.1 Å². The van der Waals surface area contributed by atoms with E-state index in [2.05, 4.69) is 36.5 Å². The van der Waals surface area contributed by atoms with Gasteiger partial charge in [-0.25, -0.2) is 0 Å². The fourth-order valence-corrected chi connectivity index (χ4v) is 4.69. The molecule has 4 rings (SSSR count). The van der Waals surface area contributed by atoms with E-state index in [1.54, 1.807) is 0 Å². The van der Waals surface area contributed by atoms with Gasteiger partial charge in [-0.2, -0.15) is 5.10 Å². The molecule has 1 fully saturated rings. The van der Waals surface area contributed by atoms with Crippen LogP contribution in [0.15, 0.2) is 60.7 Å². The number of carboxylic acid groups (broad SMARTS) is 1. The van der Waals surface area contributed by atoms with Gasteiger partial charge in [0.2, 0.25) is 0 Å². The Morgan fingerprint density at radius 2 is 1.71 bits per heavy atom. The second-order valence-corrected chi connectivity index (χ2v) is 10.3. The Balaban J connectivity index is 1.43. The van der Waals surface area contributed by atoms with Gasteiger partial charge in [0.1, 0.15) is 6.04 Å². The van der Waals surface area contributed by atoms with Gasteiger partial charge in [-0.15, -0.1) is 0 Å². The van der Waals surface area contributed by atoms with Crippen LogP contribution in [0, 0.1) is 5.92 Å². The van der Waals surface area contributed by atoms with Crippen molar-refractivity contribution in [1.29, 1.82) is 0 Å². The van der Waals surface area contributed by atoms with Crippen molar-refractivity contribution in [2.45, 2.75) is 64.6 Å². The molecule has 0 spiro atoms. The highest BCUT2D eigenvalue weighted by molar-refractivity contribution is 6.03. The molecule has 1 heterocycles. The van der Waals surface area contributed by atoms with Gasteiger partial charge in [-0.05, 0) is 68.9 Å². The number of anilines is 1. The fourth-order valence-electron chi connectivity index (χ4n) is 4.69. The van der Waals surface area contributed by atoms with Crippen LogP contribution in [0.3, 0.4) is 0 Å². The molecule has 0 aliphatic heterocycles. The smallest absolute Gasteiger partial charge is 0.320 e. The van der Waals surface area contributed by atoms with Crippen molar-refractivity contribution in [3.05, 3.63) is 71.9 Å². The first kappa shape index (κ1) is 24.7. The number of carbonyl (C=O) groups excluding carboxylic acids is 1. The second kappa shape index (κ2) is 10.4. The van der Waals surface area contributed by atoms with Gasteiger partial charge < -0.3 is 15.7 Å². The van der Waals surface area contributed by atoms with Crippen LogP contribution < -0.4 is 10.6 Å². The van der Waals surface area contributed by atoms with Crippen LogP contribution in [0.1, 0.15) is 62.5 Å². The number of amides is 1. The summed E-state index contributed by atoms with van der Waals surface area (Å²) >= 11 is 0. The van der Waals surface area contributed by atoms with Crippen molar-refractivity contribution in [3.8, 4) is 11.3 Å². The molecule has 3 N–H and O–H groups in total. The summed E-state index contributed by atoms with van der Waals surface area (Å²) in [6.07, 6.45) is 4.13. The van der Waals surface area contributed by atoms with Crippen LogP contribution in [0.5, 0.6) is 0 Å². The highest BCUT2D eigenvalue weighted by Gasteiger charge is 2.30. The maximum atomic E-state index is 13.0. The molecule has 7 heteroatoms. The molecule has 1 aliphatic rings. The van der Waals surface area contributed by atoms with Crippen LogP contribution in [0.4, 0.5) is 5.69 Å². The molecule has 1 aromatic heterocycles. The van der Waals surface area contributed by atoms with Crippen LogP contribution in [-0.4, -0.2) is 32.8 Å².